The largest absolute Gasteiger partial charge is 0.368 e. The van der Waals surface area contributed by atoms with Crippen molar-refractivity contribution in [2.75, 3.05) is 5.73 Å². The van der Waals surface area contributed by atoms with Crippen molar-refractivity contribution in [1.29, 1.82) is 0 Å². The lowest BCUT2D eigenvalue weighted by atomic mass is 10.1. The van der Waals surface area contributed by atoms with Crippen molar-refractivity contribution in [2.24, 2.45) is 0 Å². The van der Waals surface area contributed by atoms with Crippen molar-refractivity contribution in [3.8, 4) is 11.3 Å². The van der Waals surface area contributed by atoms with Crippen LogP contribution in [0.25, 0.3) is 21.3 Å². The molecule has 15 heavy (non-hydrogen) atoms. The number of thiophene rings is 1. The molecule has 3 nitrogen and oxygen atoms in total. The third kappa shape index (κ3) is 1.30. The molecular formula is C11H8N2OS. The number of hydrogen-bond acceptors (Lipinski definition) is 4. The van der Waals surface area contributed by atoms with Crippen LogP contribution in [-0.4, -0.2) is 5.16 Å². The van der Waals surface area contributed by atoms with Crippen molar-refractivity contribution in [3.05, 3.63) is 35.7 Å². The third-order valence-corrected chi connectivity index (χ3v) is 3.25. The molecule has 0 saturated heterocycles. The summed E-state index contributed by atoms with van der Waals surface area (Å²) >= 11 is 1.70. The summed E-state index contributed by atoms with van der Waals surface area (Å²) in [6.07, 6.45) is 0. The Bertz CT molecular complexity index is 612. The summed E-state index contributed by atoms with van der Waals surface area (Å²) in [5.74, 6) is 0.347. The molecule has 0 spiro atoms. The molecule has 4 heteroatoms. The van der Waals surface area contributed by atoms with Gasteiger partial charge >= 0.3 is 0 Å². The van der Waals surface area contributed by atoms with Crippen LogP contribution in [0.4, 0.5) is 5.88 Å². The Hall–Kier alpha value is -1.81. The molecule has 0 radical (unpaired) electrons. The standard InChI is InChI=1S/C11H8N2OS/c12-11-5-9(13-14-11)8-6-15-10-4-2-1-3-7(8)10/h1-6H,12H2. The van der Waals surface area contributed by atoms with Crippen LogP contribution in [-0.2, 0) is 0 Å². The van der Waals surface area contributed by atoms with E-state index >= 15 is 0 Å². The Labute approximate surface area is 90.1 Å². The minimum absolute atomic E-state index is 0.347. The van der Waals surface area contributed by atoms with Gasteiger partial charge in [-0.25, -0.2) is 0 Å². The maximum atomic E-state index is 5.50. The molecule has 0 bridgehead atoms. The molecule has 2 N–H and O–H groups in total. The number of nitrogens with two attached hydrogens (primary N) is 1. The second kappa shape index (κ2) is 3.10. The lowest BCUT2D eigenvalue weighted by molar-refractivity contribution is 0.439. The van der Waals surface area contributed by atoms with Crippen molar-refractivity contribution >= 4 is 27.3 Å². The second-order valence-corrected chi connectivity index (χ2v) is 4.17. The molecule has 0 amide bonds. The quantitative estimate of drug-likeness (QED) is 0.679. The van der Waals surface area contributed by atoms with E-state index in [4.69, 9.17) is 10.3 Å². The summed E-state index contributed by atoms with van der Waals surface area (Å²) < 4.78 is 6.11. The molecule has 2 aromatic heterocycles. The van der Waals surface area contributed by atoms with Gasteiger partial charge in [0.1, 0.15) is 5.69 Å². The van der Waals surface area contributed by atoms with E-state index in [0.717, 1.165) is 11.3 Å². The molecule has 2 heterocycles. The van der Waals surface area contributed by atoms with Crippen LogP contribution in [0.15, 0.2) is 40.2 Å². The number of nitrogens with zero attached hydrogens (tertiary/aromatic N) is 1. The Morgan fingerprint density at radius 1 is 1.27 bits per heavy atom. The van der Waals surface area contributed by atoms with Gasteiger partial charge < -0.3 is 10.3 Å². The molecule has 0 aliphatic carbocycles. The highest BCUT2D eigenvalue weighted by Crippen LogP contribution is 2.33. The minimum Gasteiger partial charge on any atom is -0.368 e. The van der Waals surface area contributed by atoms with Crippen LogP contribution < -0.4 is 5.73 Å². The van der Waals surface area contributed by atoms with Gasteiger partial charge in [-0.3, -0.25) is 0 Å². The normalized spacial score (nSPS) is 10.9. The van der Waals surface area contributed by atoms with E-state index in [1.54, 1.807) is 17.4 Å². The first-order valence-corrected chi connectivity index (χ1v) is 5.41. The fourth-order valence-electron chi connectivity index (χ4n) is 1.59. The summed E-state index contributed by atoms with van der Waals surface area (Å²) in [6.45, 7) is 0. The van der Waals surface area contributed by atoms with Gasteiger partial charge in [0, 0.05) is 27.1 Å². The molecule has 3 aromatic rings. The van der Waals surface area contributed by atoms with Crippen molar-refractivity contribution in [1.82, 2.24) is 5.16 Å². The summed E-state index contributed by atoms with van der Waals surface area (Å²) in [7, 11) is 0. The highest BCUT2D eigenvalue weighted by Gasteiger charge is 2.09. The fraction of sp³-hybridized carbons (Fsp3) is 0. The van der Waals surface area contributed by atoms with Gasteiger partial charge in [-0.05, 0) is 6.07 Å². The molecule has 0 aliphatic rings. The molecule has 0 unspecified atom stereocenters. The average Bonchev–Trinajstić information content (AvgIpc) is 2.83. The van der Waals surface area contributed by atoms with E-state index in [-0.39, 0.29) is 0 Å². The number of benzene rings is 1. The molecule has 1 aromatic carbocycles. The van der Waals surface area contributed by atoms with Crippen molar-refractivity contribution in [3.63, 3.8) is 0 Å². The molecular weight excluding hydrogens is 208 g/mol. The zero-order chi connectivity index (χ0) is 10.3. The van der Waals surface area contributed by atoms with Crippen LogP contribution in [0.2, 0.25) is 0 Å². The van der Waals surface area contributed by atoms with E-state index in [2.05, 4.69) is 22.7 Å². The van der Waals surface area contributed by atoms with Crippen LogP contribution in [0.5, 0.6) is 0 Å². The topological polar surface area (TPSA) is 52.0 Å². The average molecular weight is 216 g/mol. The van der Waals surface area contributed by atoms with Gasteiger partial charge in [0.25, 0.3) is 0 Å². The number of aromatic nitrogens is 1. The van der Waals surface area contributed by atoms with Gasteiger partial charge in [-0.15, -0.1) is 11.3 Å². The van der Waals surface area contributed by atoms with E-state index in [0.29, 0.717) is 5.88 Å². The predicted octanol–water partition coefficient (Wildman–Crippen LogP) is 3.14. The van der Waals surface area contributed by atoms with Gasteiger partial charge in [0.15, 0.2) is 0 Å². The van der Waals surface area contributed by atoms with Crippen molar-refractivity contribution < 1.29 is 4.52 Å². The van der Waals surface area contributed by atoms with Gasteiger partial charge in [-0.1, -0.05) is 23.4 Å². The fourth-order valence-corrected chi connectivity index (χ4v) is 2.55. The van der Waals surface area contributed by atoms with E-state index in [9.17, 15) is 0 Å². The van der Waals surface area contributed by atoms with E-state index < -0.39 is 0 Å². The Balaban J connectivity index is 2.27. The molecule has 0 aliphatic heterocycles. The first-order valence-electron chi connectivity index (χ1n) is 4.53. The number of fused-ring (bicyclic) bond motifs is 1. The Kier molecular flexibility index (Phi) is 1.76. The zero-order valence-corrected chi connectivity index (χ0v) is 8.62. The SMILES string of the molecule is Nc1cc(-c2csc3ccccc23)no1. The molecule has 0 fully saturated rings. The molecule has 74 valence electrons. The zero-order valence-electron chi connectivity index (χ0n) is 7.81. The summed E-state index contributed by atoms with van der Waals surface area (Å²) in [6, 6.07) is 9.95. The number of nitrogen functional groups attached to an aromatic ring is 1. The maximum Gasteiger partial charge on any atom is 0.222 e. The lowest BCUT2D eigenvalue weighted by Crippen LogP contribution is -1.76. The highest BCUT2D eigenvalue weighted by atomic mass is 32.1. The third-order valence-electron chi connectivity index (χ3n) is 2.29. The first kappa shape index (κ1) is 8.49. The monoisotopic (exact) mass is 216 g/mol. The van der Waals surface area contributed by atoms with E-state index in [1.807, 2.05) is 12.1 Å². The lowest BCUT2D eigenvalue weighted by Gasteiger charge is -1.91. The maximum absolute atomic E-state index is 5.50. The molecule has 3 rings (SSSR count). The minimum atomic E-state index is 0.347. The number of hydrogen-bond donors (Lipinski definition) is 1. The van der Waals surface area contributed by atoms with E-state index in [1.165, 1.54) is 10.1 Å². The van der Waals surface area contributed by atoms with Crippen LogP contribution in [0.3, 0.4) is 0 Å². The number of rotatable bonds is 1. The summed E-state index contributed by atoms with van der Waals surface area (Å²) in [5.41, 5.74) is 7.38. The van der Waals surface area contributed by atoms with Crippen molar-refractivity contribution in [2.45, 2.75) is 0 Å². The highest BCUT2D eigenvalue weighted by molar-refractivity contribution is 7.17. The Morgan fingerprint density at radius 3 is 2.93 bits per heavy atom. The second-order valence-electron chi connectivity index (χ2n) is 3.26. The van der Waals surface area contributed by atoms with Crippen LogP contribution >= 0.6 is 11.3 Å². The Morgan fingerprint density at radius 2 is 2.13 bits per heavy atom. The first-order chi connectivity index (χ1) is 7.34. The molecule has 0 atom stereocenters. The van der Waals surface area contributed by atoms with Crippen LogP contribution in [0, 0.1) is 0 Å². The van der Waals surface area contributed by atoms with Gasteiger partial charge in [-0.2, -0.15) is 0 Å². The number of anilines is 1. The summed E-state index contributed by atoms with van der Waals surface area (Å²) in [4.78, 5) is 0. The predicted molar refractivity (Wildman–Crippen MR) is 61.7 cm³/mol. The molecule has 0 saturated carbocycles. The van der Waals surface area contributed by atoms with Gasteiger partial charge in [0.05, 0.1) is 0 Å². The van der Waals surface area contributed by atoms with Crippen LogP contribution in [0.1, 0.15) is 0 Å². The van der Waals surface area contributed by atoms with Gasteiger partial charge in [0.2, 0.25) is 5.88 Å². The smallest absolute Gasteiger partial charge is 0.222 e. The summed E-state index contributed by atoms with van der Waals surface area (Å²) in [5, 5.41) is 7.18.